The van der Waals surface area contributed by atoms with Crippen molar-refractivity contribution in [2.24, 2.45) is 0 Å². The zero-order valence-electron chi connectivity index (χ0n) is 15.5. The molecule has 0 bridgehead atoms. The molecule has 0 atom stereocenters. The van der Waals surface area contributed by atoms with Gasteiger partial charge in [-0.1, -0.05) is 29.5 Å². The number of anilines is 1. The third-order valence-corrected chi connectivity index (χ3v) is 6.64. The van der Waals surface area contributed by atoms with Gasteiger partial charge in [-0.2, -0.15) is 0 Å². The number of hydrogen-bond donors (Lipinski definition) is 2. The molecule has 2 aromatic carbocycles. The van der Waals surface area contributed by atoms with Gasteiger partial charge < -0.3 is 10.8 Å². The third kappa shape index (κ3) is 3.33. The van der Waals surface area contributed by atoms with E-state index in [1.165, 1.54) is 35.8 Å². The predicted octanol–water partition coefficient (Wildman–Crippen LogP) is 5.50. The van der Waals surface area contributed by atoms with Gasteiger partial charge in [-0.15, -0.1) is 11.3 Å². The van der Waals surface area contributed by atoms with Crippen LogP contribution in [0.4, 0.5) is 19.5 Å². The molecular formula is C20H14F2N3O3S2+. The van der Waals surface area contributed by atoms with Crippen LogP contribution in [0.2, 0.25) is 0 Å². The maximum atomic E-state index is 14.4. The van der Waals surface area contributed by atoms with E-state index in [-0.39, 0.29) is 33.8 Å². The van der Waals surface area contributed by atoms with Crippen molar-refractivity contribution in [3.8, 4) is 11.1 Å². The first-order valence-electron chi connectivity index (χ1n) is 8.66. The molecular weight excluding hydrogens is 432 g/mol. The van der Waals surface area contributed by atoms with Crippen molar-refractivity contribution in [2.45, 2.75) is 13.5 Å². The molecule has 0 saturated heterocycles. The largest absolute Gasteiger partial charge is 0.477 e. The van der Waals surface area contributed by atoms with Crippen molar-refractivity contribution in [3.05, 3.63) is 68.4 Å². The van der Waals surface area contributed by atoms with Gasteiger partial charge in [-0.05, 0) is 24.6 Å². The lowest BCUT2D eigenvalue weighted by Crippen LogP contribution is -2.06. The molecule has 0 amide bonds. The van der Waals surface area contributed by atoms with Gasteiger partial charge in [0.25, 0.3) is 6.54 Å². The van der Waals surface area contributed by atoms with Crippen LogP contribution < -0.4 is 5.73 Å². The molecule has 10 heteroatoms. The van der Waals surface area contributed by atoms with Crippen LogP contribution in [0.25, 0.3) is 21.3 Å². The summed E-state index contributed by atoms with van der Waals surface area (Å²) >= 11 is 2.09. The summed E-state index contributed by atoms with van der Waals surface area (Å²) in [4.78, 5) is 29.0. The van der Waals surface area contributed by atoms with Crippen molar-refractivity contribution in [1.29, 1.82) is 0 Å². The van der Waals surface area contributed by atoms with E-state index in [1.54, 1.807) is 18.2 Å². The van der Waals surface area contributed by atoms with Crippen LogP contribution in [0, 0.1) is 23.5 Å². The predicted molar refractivity (Wildman–Crippen MR) is 112 cm³/mol. The number of nitrogens with two attached hydrogens (primary N) is 1. The van der Waals surface area contributed by atoms with Crippen molar-refractivity contribution >= 4 is 49.5 Å². The van der Waals surface area contributed by atoms with E-state index >= 15 is 0 Å². The Bertz CT molecular complexity index is 1330. The first kappa shape index (κ1) is 20.0. The van der Waals surface area contributed by atoms with Crippen LogP contribution in [0.3, 0.4) is 0 Å². The zero-order chi connectivity index (χ0) is 21.6. The zero-order valence-corrected chi connectivity index (χ0v) is 17.1. The average Bonchev–Trinajstić information content (AvgIpc) is 3.31. The Morgan fingerprint density at radius 2 is 1.97 bits per heavy atom. The average molecular weight is 446 g/mol. The number of fused-ring (bicyclic) bond motifs is 1. The molecule has 0 spiro atoms. The summed E-state index contributed by atoms with van der Waals surface area (Å²) in [7, 11) is 0. The number of carboxylic acid groups (broad SMARTS) is 1. The van der Waals surface area contributed by atoms with Gasteiger partial charge in [0.1, 0.15) is 0 Å². The van der Waals surface area contributed by atoms with E-state index in [9.17, 15) is 23.6 Å². The van der Waals surface area contributed by atoms with Crippen LogP contribution in [0.5, 0.6) is 0 Å². The number of benzene rings is 2. The van der Waals surface area contributed by atoms with Gasteiger partial charge in [-0.3, -0.25) is 0 Å². The van der Waals surface area contributed by atoms with Crippen LogP contribution in [-0.4, -0.2) is 20.8 Å². The number of carbonyl (C=O) groups is 1. The van der Waals surface area contributed by atoms with E-state index in [0.29, 0.717) is 21.0 Å². The number of aromatic nitrogens is 1. The summed E-state index contributed by atoms with van der Waals surface area (Å²) in [5.74, 6) is -3.61. The van der Waals surface area contributed by atoms with Gasteiger partial charge in [0.05, 0.1) is 20.7 Å². The smallest absolute Gasteiger partial charge is 0.344 e. The SMILES string of the molecule is Cc1ccc(-c2csc([N+](=O)Cc3nc4cccc(N)c4s3)c2C(=O)O)c(F)c1F. The van der Waals surface area contributed by atoms with Crippen molar-refractivity contribution in [1.82, 2.24) is 4.98 Å². The van der Waals surface area contributed by atoms with E-state index in [4.69, 9.17) is 5.73 Å². The molecule has 0 radical (unpaired) electrons. The molecule has 4 aromatic rings. The molecule has 152 valence electrons. The summed E-state index contributed by atoms with van der Waals surface area (Å²) in [6.45, 7) is 1.20. The van der Waals surface area contributed by atoms with Gasteiger partial charge in [-0.25, -0.2) is 18.6 Å². The molecule has 3 N–H and O–H groups in total. The number of halogens is 2. The maximum absolute atomic E-state index is 14.4. The van der Waals surface area contributed by atoms with E-state index in [1.807, 2.05) is 0 Å². The molecule has 30 heavy (non-hydrogen) atoms. The number of rotatable bonds is 5. The Balaban J connectivity index is 1.74. The molecule has 0 aliphatic rings. The van der Waals surface area contributed by atoms with Crippen molar-refractivity contribution < 1.29 is 23.4 Å². The molecule has 0 aliphatic heterocycles. The molecule has 0 unspecified atom stereocenters. The summed E-state index contributed by atoms with van der Waals surface area (Å²) in [6, 6.07) is 7.90. The van der Waals surface area contributed by atoms with E-state index in [2.05, 4.69) is 4.98 Å². The quantitative estimate of drug-likeness (QED) is 0.312. The molecule has 4 rings (SSSR count). The third-order valence-electron chi connectivity index (χ3n) is 4.55. The Morgan fingerprint density at radius 3 is 2.67 bits per heavy atom. The van der Waals surface area contributed by atoms with Gasteiger partial charge >= 0.3 is 11.0 Å². The number of carboxylic acids is 1. The van der Waals surface area contributed by atoms with Crippen LogP contribution in [0.1, 0.15) is 20.9 Å². The number of thiazole rings is 1. The normalized spacial score (nSPS) is 11.2. The highest BCUT2D eigenvalue weighted by Crippen LogP contribution is 2.40. The number of thiophene rings is 1. The monoisotopic (exact) mass is 446 g/mol. The number of nitrogen functional groups attached to an aromatic ring is 1. The number of nitroso groups, excluding NO2 is 1. The van der Waals surface area contributed by atoms with Crippen molar-refractivity contribution in [3.63, 3.8) is 0 Å². The number of hydrogen-bond acceptors (Lipinski definition) is 6. The highest BCUT2D eigenvalue weighted by Gasteiger charge is 2.32. The molecule has 0 fully saturated rings. The van der Waals surface area contributed by atoms with Gasteiger partial charge in [0, 0.05) is 21.4 Å². The fraction of sp³-hybridized carbons (Fsp3) is 0.100. The Hall–Kier alpha value is -3.24. The number of nitrogens with zero attached hydrogens (tertiary/aromatic N) is 2. The van der Waals surface area contributed by atoms with Gasteiger partial charge in [0.15, 0.2) is 22.2 Å². The minimum atomic E-state index is -1.41. The standard InChI is InChI=1S/C20H13F2N3O3S2/c1-9-5-6-10(17(22)16(9)21)11-8-29-19(15(11)20(26)27)25(28)7-14-24-13-4-2-3-12(23)18(13)30-14/h2-6,8H,7,23H2,1H3/p+1. The van der Waals surface area contributed by atoms with Crippen LogP contribution >= 0.6 is 22.7 Å². The second-order valence-corrected chi connectivity index (χ2v) is 8.47. The Labute approximate surface area is 176 Å². The lowest BCUT2D eigenvalue weighted by atomic mass is 10.0. The fourth-order valence-corrected chi connectivity index (χ4v) is 5.01. The van der Waals surface area contributed by atoms with E-state index < -0.39 is 17.6 Å². The number of aryl methyl sites for hydroxylation is 1. The lowest BCUT2D eigenvalue weighted by molar-refractivity contribution is -0.476. The topological polar surface area (TPSA) is 96.3 Å². The van der Waals surface area contributed by atoms with Crippen molar-refractivity contribution in [2.75, 3.05) is 5.73 Å². The second kappa shape index (κ2) is 7.54. The molecule has 2 aromatic heterocycles. The van der Waals surface area contributed by atoms with Gasteiger partial charge in [0.2, 0.25) is 0 Å². The minimum Gasteiger partial charge on any atom is -0.477 e. The summed E-state index contributed by atoms with van der Waals surface area (Å²) in [5, 5.41) is 11.3. The van der Waals surface area contributed by atoms with Crippen LogP contribution in [-0.2, 0) is 6.54 Å². The lowest BCUT2D eigenvalue weighted by Gasteiger charge is -2.05. The maximum Gasteiger partial charge on any atom is 0.344 e. The molecule has 0 aliphatic carbocycles. The molecule has 0 saturated carbocycles. The molecule has 6 nitrogen and oxygen atoms in total. The molecule has 2 heterocycles. The first-order valence-corrected chi connectivity index (χ1v) is 10.4. The summed E-state index contributed by atoms with van der Waals surface area (Å²) in [6.07, 6.45) is 0. The Kier molecular flexibility index (Phi) is 5.04. The highest BCUT2D eigenvalue weighted by molar-refractivity contribution is 7.19. The number of aromatic carboxylic acids is 1. The minimum absolute atomic E-state index is 0.0479. The second-order valence-electron chi connectivity index (χ2n) is 6.53. The highest BCUT2D eigenvalue weighted by atomic mass is 32.1. The Morgan fingerprint density at radius 1 is 1.20 bits per heavy atom. The summed E-state index contributed by atoms with van der Waals surface area (Å²) < 4.78 is 29.7. The summed E-state index contributed by atoms with van der Waals surface area (Å²) in [5.41, 5.74) is 6.57. The van der Waals surface area contributed by atoms with E-state index in [0.717, 1.165) is 16.0 Å². The van der Waals surface area contributed by atoms with Crippen LogP contribution in [0.15, 0.2) is 35.7 Å². The first-order chi connectivity index (χ1) is 14.3. The fourth-order valence-electron chi connectivity index (χ4n) is 3.07.